The standard InChI is InChI=1S/C11H13ClFNO/c1-2-10(14-11(15)7-12)8-4-3-5-9(13)6-8/h3-6,10H,2,7H2,1H3,(H,14,15)/t10-/m1/s1. The molecule has 1 amide bonds. The summed E-state index contributed by atoms with van der Waals surface area (Å²) in [5.41, 5.74) is 0.760. The van der Waals surface area contributed by atoms with Crippen LogP contribution >= 0.6 is 11.6 Å². The Kier molecular flexibility index (Phi) is 4.56. The van der Waals surface area contributed by atoms with Gasteiger partial charge in [-0.05, 0) is 24.1 Å². The first-order valence-corrected chi connectivity index (χ1v) is 5.31. The molecule has 0 saturated heterocycles. The van der Waals surface area contributed by atoms with Crippen LogP contribution in [0.1, 0.15) is 24.9 Å². The first kappa shape index (κ1) is 12.0. The van der Waals surface area contributed by atoms with E-state index in [2.05, 4.69) is 5.32 Å². The minimum atomic E-state index is -0.300. The van der Waals surface area contributed by atoms with Gasteiger partial charge in [-0.25, -0.2) is 4.39 Å². The number of halogens is 2. The molecule has 0 saturated carbocycles. The average Bonchev–Trinajstić information content (AvgIpc) is 2.25. The number of hydrogen-bond acceptors (Lipinski definition) is 1. The summed E-state index contributed by atoms with van der Waals surface area (Å²) in [5, 5.41) is 2.72. The summed E-state index contributed by atoms with van der Waals surface area (Å²) in [6, 6.07) is 6.03. The maximum Gasteiger partial charge on any atom is 0.235 e. The van der Waals surface area contributed by atoms with Crippen molar-refractivity contribution in [3.05, 3.63) is 35.6 Å². The predicted molar refractivity (Wildman–Crippen MR) is 58.3 cm³/mol. The van der Waals surface area contributed by atoms with Gasteiger partial charge in [-0.2, -0.15) is 0 Å². The van der Waals surface area contributed by atoms with Crippen LogP contribution in [0.5, 0.6) is 0 Å². The summed E-state index contributed by atoms with van der Waals surface area (Å²) in [5.74, 6) is -0.620. The monoisotopic (exact) mass is 229 g/mol. The molecular weight excluding hydrogens is 217 g/mol. The van der Waals surface area contributed by atoms with Gasteiger partial charge in [0.1, 0.15) is 11.7 Å². The lowest BCUT2D eigenvalue weighted by Crippen LogP contribution is -2.29. The van der Waals surface area contributed by atoms with Crippen LogP contribution in [0.25, 0.3) is 0 Å². The van der Waals surface area contributed by atoms with E-state index in [4.69, 9.17) is 11.6 Å². The van der Waals surface area contributed by atoms with Crippen LogP contribution in [0.3, 0.4) is 0 Å². The molecular formula is C11H13ClFNO. The molecule has 1 rings (SSSR count). The fourth-order valence-corrected chi connectivity index (χ4v) is 1.45. The SMILES string of the molecule is CC[C@@H](NC(=O)CCl)c1cccc(F)c1. The zero-order valence-electron chi connectivity index (χ0n) is 8.47. The molecule has 0 aliphatic carbocycles. The lowest BCUT2D eigenvalue weighted by molar-refractivity contribution is -0.119. The van der Waals surface area contributed by atoms with Crippen molar-refractivity contribution in [1.29, 1.82) is 0 Å². The van der Waals surface area contributed by atoms with Gasteiger partial charge in [0, 0.05) is 0 Å². The van der Waals surface area contributed by atoms with Crippen LogP contribution in [0, 0.1) is 5.82 Å². The molecule has 0 aliphatic rings. The van der Waals surface area contributed by atoms with E-state index in [-0.39, 0.29) is 23.6 Å². The Balaban J connectivity index is 2.78. The van der Waals surface area contributed by atoms with Gasteiger partial charge in [-0.1, -0.05) is 19.1 Å². The molecule has 0 unspecified atom stereocenters. The highest BCUT2D eigenvalue weighted by atomic mass is 35.5. The van der Waals surface area contributed by atoms with Gasteiger partial charge in [0.05, 0.1) is 6.04 Å². The van der Waals surface area contributed by atoms with Crippen LogP contribution in [0.15, 0.2) is 24.3 Å². The highest BCUT2D eigenvalue weighted by Gasteiger charge is 2.12. The lowest BCUT2D eigenvalue weighted by atomic mass is 10.0. The summed E-state index contributed by atoms with van der Waals surface area (Å²) in [4.78, 5) is 11.1. The second-order valence-electron chi connectivity index (χ2n) is 3.22. The molecule has 0 fully saturated rings. The first-order valence-electron chi connectivity index (χ1n) is 4.78. The van der Waals surface area contributed by atoms with Crippen molar-refractivity contribution in [2.45, 2.75) is 19.4 Å². The Bertz CT molecular complexity index is 343. The minimum Gasteiger partial charge on any atom is -0.348 e. The molecule has 4 heteroatoms. The molecule has 1 atom stereocenters. The van der Waals surface area contributed by atoms with Crippen LogP contribution < -0.4 is 5.32 Å². The van der Waals surface area contributed by atoms with E-state index in [1.165, 1.54) is 12.1 Å². The number of hydrogen-bond donors (Lipinski definition) is 1. The van der Waals surface area contributed by atoms with Crippen molar-refractivity contribution < 1.29 is 9.18 Å². The summed E-state index contributed by atoms with van der Waals surface area (Å²) in [6.45, 7) is 1.92. The van der Waals surface area contributed by atoms with E-state index in [0.717, 1.165) is 5.56 Å². The second-order valence-corrected chi connectivity index (χ2v) is 3.48. The molecule has 82 valence electrons. The molecule has 1 aromatic carbocycles. The summed E-state index contributed by atoms with van der Waals surface area (Å²) < 4.78 is 12.9. The lowest BCUT2D eigenvalue weighted by Gasteiger charge is -2.16. The molecule has 0 spiro atoms. The third-order valence-corrected chi connectivity index (χ3v) is 2.36. The van der Waals surface area contributed by atoms with Crippen molar-refractivity contribution in [3.63, 3.8) is 0 Å². The number of carbonyl (C=O) groups is 1. The smallest absolute Gasteiger partial charge is 0.235 e. The van der Waals surface area contributed by atoms with Gasteiger partial charge < -0.3 is 5.32 Å². The Morgan fingerprint density at radius 3 is 2.87 bits per heavy atom. The van der Waals surface area contributed by atoms with Crippen molar-refractivity contribution in [1.82, 2.24) is 5.32 Å². The zero-order chi connectivity index (χ0) is 11.3. The van der Waals surface area contributed by atoms with Gasteiger partial charge >= 0.3 is 0 Å². The Labute approximate surface area is 93.4 Å². The topological polar surface area (TPSA) is 29.1 Å². The molecule has 0 heterocycles. The number of alkyl halides is 1. The third-order valence-electron chi connectivity index (χ3n) is 2.12. The van der Waals surface area contributed by atoms with Gasteiger partial charge in [0.25, 0.3) is 0 Å². The summed E-state index contributed by atoms with van der Waals surface area (Å²) in [7, 11) is 0. The fourth-order valence-electron chi connectivity index (χ4n) is 1.38. The van der Waals surface area contributed by atoms with Gasteiger partial charge in [0.15, 0.2) is 0 Å². The molecule has 0 aromatic heterocycles. The maximum atomic E-state index is 12.9. The molecule has 15 heavy (non-hydrogen) atoms. The van der Waals surface area contributed by atoms with Crippen molar-refractivity contribution in [2.75, 3.05) is 5.88 Å². The average molecular weight is 230 g/mol. The molecule has 0 bridgehead atoms. The van der Waals surface area contributed by atoms with E-state index in [0.29, 0.717) is 6.42 Å². The Morgan fingerprint density at radius 2 is 2.33 bits per heavy atom. The largest absolute Gasteiger partial charge is 0.348 e. The molecule has 1 N–H and O–H groups in total. The van der Waals surface area contributed by atoms with Crippen molar-refractivity contribution in [3.8, 4) is 0 Å². The molecule has 0 radical (unpaired) electrons. The summed E-state index contributed by atoms with van der Waals surface area (Å²) in [6.07, 6.45) is 0.700. The van der Waals surface area contributed by atoms with Crippen LogP contribution in [-0.2, 0) is 4.79 Å². The number of benzene rings is 1. The fraction of sp³-hybridized carbons (Fsp3) is 0.364. The zero-order valence-corrected chi connectivity index (χ0v) is 9.22. The van der Waals surface area contributed by atoms with Gasteiger partial charge in [0.2, 0.25) is 5.91 Å². The van der Waals surface area contributed by atoms with Crippen molar-refractivity contribution in [2.24, 2.45) is 0 Å². The van der Waals surface area contributed by atoms with Crippen LogP contribution in [0.2, 0.25) is 0 Å². The number of carbonyl (C=O) groups excluding carboxylic acids is 1. The van der Waals surface area contributed by atoms with E-state index >= 15 is 0 Å². The molecule has 0 aliphatic heterocycles. The minimum absolute atomic E-state index is 0.0776. The van der Waals surface area contributed by atoms with E-state index in [1.54, 1.807) is 12.1 Å². The Hall–Kier alpha value is -1.09. The normalized spacial score (nSPS) is 12.2. The predicted octanol–water partition coefficient (Wildman–Crippen LogP) is 2.63. The quantitative estimate of drug-likeness (QED) is 0.791. The van der Waals surface area contributed by atoms with Crippen LogP contribution in [-0.4, -0.2) is 11.8 Å². The second kappa shape index (κ2) is 5.71. The first-order chi connectivity index (χ1) is 7.17. The van der Waals surface area contributed by atoms with E-state index in [9.17, 15) is 9.18 Å². The van der Waals surface area contributed by atoms with E-state index in [1.807, 2.05) is 6.92 Å². The van der Waals surface area contributed by atoms with Gasteiger partial charge in [-0.15, -0.1) is 11.6 Å². The number of nitrogens with one attached hydrogen (secondary N) is 1. The molecule has 2 nitrogen and oxygen atoms in total. The van der Waals surface area contributed by atoms with E-state index < -0.39 is 0 Å². The van der Waals surface area contributed by atoms with Crippen LogP contribution in [0.4, 0.5) is 4.39 Å². The number of rotatable bonds is 4. The van der Waals surface area contributed by atoms with Gasteiger partial charge in [-0.3, -0.25) is 4.79 Å². The Morgan fingerprint density at radius 1 is 1.60 bits per heavy atom. The molecule has 1 aromatic rings. The summed E-state index contributed by atoms with van der Waals surface area (Å²) >= 11 is 5.39. The maximum absolute atomic E-state index is 12.9. The third kappa shape index (κ3) is 3.51. The number of amides is 1. The van der Waals surface area contributed by atoms with Crippen molar-refractivity contribution >= 4 is 17.5 Å². The highest BCUT2D eigenvalue weighted by molar-refractivity contribution is 6.27. The highest BCUT2D eigenvalue weighted by Crippen LogP contribution is 2.17.